The molecule has 0 spiro atoms. The quantitative estimate of drug-likeness (QED) is 0.806. The summed E-state index contributed by atoms with van der Waals surface area (Å²) >= 11 is 0. The van der Waals surface area contributed by atoms with Crippen LogP contribution in [0.4, 0.5) is 4.79 Å². The number of amides is 1. The van der Waals surface area contributed by atoms with Gasteiger partial charge < -0.3 is 15.4 Å². The molecule has 0 bridgehead atoms. The lowest BCUT2D eigenvalue weighted by atomic mass is 9.87. The molecular formula is C16H30N4O2. The van der Waals surface area contributed by atoms with Crippen molar-refractivity contribution in [1.82, 2.24) is 15.5 Å². The van der Waals surface area contributed by atoms with E-state index in [4.69, 9.17) is 4.74 Å². The van der Waals surface area contributed by atoms with Crippen molar-refractivity contribution in [2.24, 2.45) is 11.8 Å². The summed E-state index contributed by atoms with van der Waals surface area (Å²) in [6.07, 6.45) is -0.421. The van der Waals surface area contributed by atoms with Crippen LogP contribution >= 0.6 is 0 Å². The molecular weight excluding hydrogens is 280 g/mol. The third kappa shape index (κ3) is 6.20. The van der Waals surface area contributed by atoms with Crippen LogP contribution in [-0.2, 0) is 4.74 Å². The number of alkyl carbamates (subject to hydrolysis) is 1. The Labute approximate surface area is 134 Å². The van der Waals surface area contributed by atoms with Crippen LogP contribution in [0.2, 0.25) is 0 Å². The van der Waals surface area contributed by atoms with Crippen molar-refractivity contribution in [3.63, 3.8) is 0 Å². The Hall–Kier alpha value is -1.32. The molecule has 6 nitrogen and oxygen atoms in total. The molecule has 1 saturated heterocycles. The van der Waals surface area contributed by atoms with E-state index in [0.29, 0.717) is 12.5 Å². The van der Waals surface area contributed by atoms with Gasteiger partial charge in [0.1, 0.15) is 11.6 Å². The first kappa shape index (κ1) is 18.7. The van der Waals surface area contributed by atoms with Crippen molar-refractivity contribution in [2.75, 3.05) is 32.7 Å². The second-order valence-electron chi connectivity index (χ2n) is 7.15. The smallest absolute Gasteiger partial charge is 0.407 e. The fourth-order valence-electron chi connectivity index (χ4n) is 2.64. The average molecular weight is 310 g/mol. The van der Waals surface area contributed by atoms with Crippen molar-refractivity contribution < 1.29 is 9.53 Å². The summed E-state index contributed by atoms with van der Waals surface area (Å²) in [5.41, 5.74) is -0.509. The number of nitrogens with one attached hydrogen (secondary N) is 2. The summed E-state index contributed by atoms with van der Waals surface area (Å²) in [7, 11) is 0. The predicted octanol–water partition coefficient (Wildman–Crippen LogP) is 1.58. The Bertz CT molecular complexity index is 392. The predicted molar refractivity (Wildman–Crippen MR) is 86.4 cm³/mol. The topological polar surface area (TPSA) is 77.4 Å². The van der Waals surface area contributed by atoms with Crippen LogP contribution in [0, 0.1) is 23.2 Å². The van der Waals surface area contributed by atoms with Crippen molar-refractivity contribution in [3.8, 4) is 6.07 Å². The molecule has 1 heterocycles. The van der Waals surface area contributed by atoms with E-state index < -0.39 is 11.7 Å². The normalized spacial score (nSPS) is 19.3. The molecule has 1 fully saturated rings. The highest BCUT2D eigenvalue weighted by Crippen LogP contribution is 2.20. The first-order valence-corrected chi connectivity index (χ1v) is 8.06. The van der Waals surface area contributed by atoms with Gasteiger partial charge in [0.05, 0.1) is 6.07 Å². The van der Waals surface area contributed by atoms with Crippen molar-refractivity contribution in [3.05, 3.63) is 0 Å². The monoisotopic (exact) mass is 310 g/mol. The van der Waals surface area contributed by atoms with E-state index in [1.54, 1.807) is 0 Å². The number of rotatable bonds is 5. The van der Waals surface area contributed by atoms with Gasteiger partial charge in [-0.1, -0.05) is 13.8 Å². The van der Waals surface area contributed by atoms with E-state index in [2.05, 4.69) is 35.5 Å². The summed E-state index contributed by atoms with van der Waals surface area (Å²) in [6, 6.07) is 2.25. The Morgan fingerprint density at radius 1 is 1.36 bits per heavy atom. The fraction of sp³-hybridized carbons (Fsp3) is 0.875. The van der Waals surface area contributed by atoms with Crippen LogP contribution in [0.3, 0.4) is 0 Å². The van der Waals surface area contributed by atoms with Gasteiger partial charge in [-0.05, 0) is 26.7 Å². The number of piperazine rings is 1. The summed E-state index contributed by atoms with van der Waals surface area (Å²) in [5, 5.41) is 15.7. The highest BCUT2D eigenvalue weighted by Gasteiger charge is 2.31. The molecule has 126 valence electrons. The molecule has 0 aromatic rings. The number of hydrogen-bond donors (Lipinski definition) is 2. The molecule has 0 aromatic heterocycles. The zero-order valence-corrected chi connectivity index (χ0v) is 14.5. The summed E-state index contributed by atoms with van der Waals surface area (Å²) in [5.74, 6) is 0.380. The van der Waals surface area contributed by atoms with Gasteiger partial charge in [0.15, 0.2) is 0 Å². The maximum absolute atomic E-state index is 11.8. The highest BCUT2D eigenvalue weighted by atomic mass is 16.6. The van der Waals surface area contributed by atoms with Crippen molar-refractivity contribution in [1.29, 1.82) is 5.26 Å². The number of carbonyl (C=O) groups is 1. The van der Waals surface area contributed by atoms with Gasteiger partial charge in [-0.15, -0.1) is 0 Å². The molecule has 22 heavy (non-hydrogen) atoms. The fourth-order valence-corrected chi connectivity index (χ4v) is 2.64. The Balaban J connectivity index is 2.63. The molecule has 1 rings (SSSR count). The molecule has 6 heteroatoms. The molecule has 1 aliphatic rings. The minimum absolute atomic E-state index is 0.0793. The standard InChI is InChI=1S/C16H30N4O2/c1-12(2)13(11-19-15(21)22-16(3,4)5)14(10-17)20-8-6-18-7-9-20/h12-14,18H,6-9,11H2,1-5H3,(H,19,21). The summed E-state index contributed by atoms with van der Waals surface area (Å²) < 4.78 is 5.27. The van der Waals surface area contributed by atoms with E-state index in [1.165, 1.54) is 0 Å². The van der Waals surface area contributed by atoms with Crippen LogP contribution < -0.4 is 10.6 Å². The highest BCUT2D eigenvalue weighted by molar-refractivity contribution is 5.67. The maximum atomic E-state index is 11.8. The van der Waals surface area contributed by atoms with Crippen LogP contribution in [0.5, 0.6) is 0 Å². The number of nitrogens with zero attached hydrogens (tertiary/aromatic N) is 2. The molecule has 2 N–H and O–H groups in total. The SMILES string of the molecule is CC(C)C(CNC(=O)OC(C)(C)C)C(C#N)N1CCNCC1. The van der Waals surface area contributed by atoms with Gasteiger partial charge in [-0.25, -0.2) is 4.79 Å². The van der Waals surface area contributed by atoms with Gasteiger partial charge in [-0.3, -0.25) is 4.90 Å². The lowest BCUT2D eigenvalue weighted by molar-refractivity contribution is 0.0496. The lowest BCUT2D eigenvalue weighted by Gasteiger charge is -2.37. The number of hydrogen-bond acceptors (Lipinski definition) is 5. The molecule has 0 radical (unpaired) electrons. The van der Waals surface area contributed by atoms with Gasteiger partial charge in [-0.2, -0.15) is 5.26 Å². The van der Waals surface area contributed by atoms with Gasteiger partial charge in [0.25, 0.3) is 0 Å². The summed E-state index contributed by atoms with van der Waals surface area (Å²) in [6.45, 7) is 13.7. The minimum atomic E-state index is -0.509. The number of ether oxygens (including phenoxy) is 1. The first-order valence-electron chi connectivity index (χ1n) is 8.06. The van der Waals surface area contributed by atoms with Crippen LogP contribution in [-0.4, -0.2) is 55.4 Å². The van der Waals surface area contributed by atoms with Crippen LogP contribution in [0.15, 0.2) is 0 Å². The third-order valence-electron chi connectivity index (χ3n) is 3.82. The Kier molecular flexibility index (Phi) is 7.11. The average Bonchev–Trinajstić information content (AvgIpc) is 2.42. The van der Waals surface area contributed by atoms with E-state index in [0.717, 1.165) is 26.2 Å². The largest absolute Gasteiger partial charge is 0.444 e. The Morgan fingerprint density at radius 3 is 2.41 bits per heavy atom. The van der Waals surface area contributed by atoms with Gasteiger partial charge in [0, 0.05) is 38.6 Å². The van der Waals surface area contributed by atoms with Gasteiger partial charge in [0.2, 0.25) is 0 Å². The maximum Gasteiger partial charge on any atom is 0.407 e. The lowest BCUT2D eigenvalue weighted by Crippen LogP contribution is -2.53. The van der Waals surface area contributed by atoms with Crippen LogP contribution in [0.25, 0.3) is 0 Å². The minimum Gasteiger partial charge on any atom is -0.444 e. The van der Waals surface area contributed by atoms with Crippen molar-refractivity contribution in [2.45, 2.75) is 46.3 Å². The van der Waals surface area contributed by atoms with E-state index in [1.807, 2.05) is 20.8 Å². The zero-order valence-electron chi connectivity index (χ0n) is 14.5. The molecule has 2 atom stereocenters. The molecule has 0 aliphatic carbocycles. The van der Waals surface area contributed by atoms with Crippen molar-refractivity contribution >= 4 is 6.09 Å². The number of carbonyl (C=O) groups excluding carboxylic acids is 1. The molecule has 2 unspecified atom stereocenters. The number of nitriles is 1. The molecule has 0 aromatic carbocycles. The van der Waals surface area contributed by atoms with E-state index in [-0.39, 0.29) is 12.0 Å². The molecule has 1 aliphatic heterocycles. The van der Waals surface area contributed by atoms with E-state index >= 15 is 0 Å². The Morgan fingerprint density at radius 2 is 1.95 bits per heavy atom. The second-order valence-corrected chi connectivity index (χ2v) is 7.15. The van der Waals surface area contributed by atoms with Gasteiger partial charge >= 0.3 is 6.09 Å². The second kappa shape index (κ2) is 8.35. The zero-order chi connectivity index (χ0) is 16.8. The van der Waals surface area contributed by atoms with Crippen LogP contribution in [0.1, 0.15) is 34.6 Å². The third-order valence-corrected chi connectivity index (χ3v) is 3.82. The summed E-state index contributed by atoms with van der Waals surface area (Å²) in [4.78, 5) is 14.0. The molecule has 1 amide bonds. The van der Waals surface area contributed by atoms with E-state index in [9.17, 15) is 10.1 Å². The molecule has 0 saturated carbocycles. The first-order chi connectivity index (χ1) is 10.2.